The Morgan fingerprint density at radius 2 is 2.42 bits per heavy atom. The summed E-state index contributed by atoms with van der Waals surface area (Å²) in [5.74, 6) is 0.0412. The van der Waals surface area contributed by atoms with Gasteiger partial charge in [-0.15, -0.1) is 11.6 Å². The fourth-order valence-corrected chi connectivity index (χ4v) is 1.79. The molecule has 12 heavy (non-hydrogen) atoms. The van der Waals surface area contributed by atoms with Gasteiger partial charge in [-0.1, -0.05) is 0 Å². The van der Waals surface area contributed by atoms with Crippen molar-refractivity contribution in [2.24, 2.45) is 0 Å². The van der Waals surface area contributed by atoms with Gasteiger partial charge in [-0.2, -0.15) is 0 Å². The molecule has 0 bridgehead atoms. The summed E-state index contributed by atoms with van der Waals surface area (Å²) in [6.45, 7) is 1.98. The Bertz CT molecular complexity index is 156. The van der Waals surface area contributed by atoms with Crippen molar-refractivity contribution in [2.75, 3.05) is 25.7 Å². The van der Waals surface area contributed by atoms with Gasteiger partial charge in [-0.3, -0.25) is 0 Å². The Morgan fingerprint density at radius 1 is 1.50 bits per heavy atom. The van der Waals surface area contributed by atoms with Crippen LogP contribution in [0.25, 0.3) is 0 Å². The molecule has 2 unspecified atom stereocenters. The third-order valence-electron chi connectivity index (χ3n) is 2.25. The molecule has 0 aliphatic carbocycles. The predicted octanol–water partition coefficient (Wildman–Crippen LogP) is 1.15. The second kappa shape index (κ2) is 3.50. The first-order chi connectivity index (χ1) is 5.85. The molecule has 0 radical (unpaired) electrons. The normalized spacial score (nSPS) is 42.2. The Hall–Kier alpha value is 0.170. The Kier molecular flexibility index (Phi) is 2.55. The summed E-state index contributed by atoms with van der Waals surface area (Å²) < 4.78 is 16.5. The lowest BCUT2D eigenvalue weighted by Gasteiger charge is -2.31. The zero-order chi connectivity index (χ0) is 8.44. The first-order valence-corrected chi connectivity index (χ1v) is 4.84. The van der Waals surface area contributed by atoms with E-state index < -0.39 is 5.79 Å². The van der Waals surface area contributed by atoms with E-state index in [0.717, 1.165) is 19.4 Å². The van der Waals surface area contributed by atoms with Crippen molar-refractivity contribution in [1.29, 1.82) is 0 Å². The zero-order valence-electron chi connectivity index (χ0n) is 6.92. The Labute approximate surface area is 76.9 Å². The van der Waals surface area contributed by atoms with Crippen LogP contribution in [0.15, 0.2) is 0 Å². The van der Waals surface area contributed by atoms with E-state index in [9.17, 15) is 0 Å². The molecule has 0 amide bonds. The van der Waals surface area contributed by atoms with E-state index in [1.165, 1.54) is 0 Å². The van der Waals surface area contributed by atoms with E-state index in [-0.39, 0.29) is 6.10 Å². The minimum absolute atomic E-state index is 0.0494. The Balaban J connectivity index is 1.94. The summed E-state index contributed by atoms with van der Waals surface area (Å²) >= 11 is 5.66. The van der Waals surface area contributed by atoms with Crippen LogP contribution in [0.4, 0.5) is 0 Å². The topological polar surface area (TPSA) is 27.7 Å². The average molecular weight is 193 g/mol. The third kappa shape index (κ3) is 1.59. The van der Waals surface area contributed by atoms with Crippen molar-refractivity contribution in [3.63, 3.8) is 0 Å². The lowest BCUT2D eigenvalue weighted by molar-refractivity contribution is -0.224. The van der Waals surface area contributed by atoms with Gasteiger partial charge >= 0.3 is 0 Å². The largest absolute Gasteiger partial charge is 0.376 e. The van der Waals surface area contributed by atoms with E-state index in [4.69, 9.17) is 25.8 Å². The summed E-state index contributed by atoms with van der Waals surface area (Å²) in [4.78, 5) is 0. The molecule has 2 saturated heterocycles. The van der Waals surface area contributed by atoms with E-state index in [1.807, 2.05) is 0 Å². The highest BCUT2D eigenvalue weighted by molar-refractivity contribution is 6.18. The molecular weight excluding hydrogens is 180 g/mol. The van der Waals surface area contributed by atoms with Crippen LogP contribution < -0.4 is 0 Å². The van der Waals surface area contributed by atoms with Gasteiger partial charge < -0.3 is 14.2 Å². The highest BCUT2D eigenvalue weighted by atomic mass is 35.5. The highest BCUT2D eigenvalue weighted by Crippen LogP contribution is 2.31. The van der Waals surface area contributed by atoms with E-state index in [0.29, 0.717) is 19.1 Å². The molecule has 0 aromatic rings. The van der Waals surface area contributed by atoms with Gasteiger partial charge in [0, 0.05) is 13.0 Å². The molecule has 0 saturated carbocycles. The lowest BCUT2D eigenvalue weighted by atomic mass is 10.1. The number of hydrogen-bond donors (Lipinski definition) is 0. The third-order valence-corrected chi connectivity index (χ3v) is 2.60. The first-order valence-electron chi connectivity index (χ1n) is 4.30. The number of alkyl halides is 1. The molecule has 2 aliphatic rings. The van der Waals surface area contributed by atoms with Crippen LogP contribution in [-0.4, -0.2) is 37.6 Å². The van der Waals surface area contributed by atoms with Crippen molar-refractivity contribution in [1.82, 2.24) is 0 Å². The van der Waals surface area contributed by atoms with Crippen LogP contribution in [0.2, 0.25) is 0 Å². The van der Waals surface area contributed by atoms with E-state index in [1.54, 1.807) is 0 Å². The van der Waals surface area contributed by atoms with Crippen molar-refractivity contribution in [2.45, 2.75) is 24.7 Å². The van der Waals surface area contributed by atoms with Gasteiger partial charge in [0.25, 0.3) is 0 Å². The molecule has 4 heteroatoms. The van der Waals surface area contributed by atoms with E-state index >= 15 is 0 Å². The van der Waals surface area contributed by atoms with Crippen LogP contribution >= 0.6 is 11.6 Å². The van der Waals surface area contributed by atoms with E-state index in [2.05, 4.69) is 0 Å². The van der Waals surface area contributed by atoms with Crippen LogP contribution in [0.3, 0.4) is 0 Å². The van der Waals surface area contributed by atoms with Gasteiger partial charge in [-0.25, -0.2) is 0 Å². The Morgan fingerprint density at radius 3 is 3.00 bits per heavy atom. The molecule has 0 aromatic carbocycles. The van der Waals surface area contributed by atoms with Crippen LogP contribution in [0.1, 0.15) is 12.8 Å². The summed E-state index contributed by atoms with van der Waals surface area (Å²) in [5.41, 5.74) is 0. The summed E-state index contributed by atoms with van der Waals surface area (Å²) in [7, 11) is 0. The second-order valence-corrected chi connectivity index (χ2v) is 3.58. The monoisotopic (exact) mass is 192 g/mol. The molecule has 0 N–H and O–H groups in total. The van der Waals surface area contributed by atoms with Gasteiger partial charge in [0.05, 0.1) is 18.6 Å². The fourth-order valence-electron chi connectivity index (χ4n) is 1.64. The van der Waals surface area contributed by atoms with Gasteiger partial charge in [0.2, 0.25) is 0 Å². The van der Waals surface area contributed by atoms with Gasteiger partial charge in [0.1, 0.15) is 6.61 Å². The number of halogens is 1. The quantitative estimate of drug-likeness (QED) is 0.584. The zero-order valence-corrected chi connectivity index (χ0v) is 7.68. The smallest absolute Gasteiger partial charge is 0.192 e. The lowest BCUT2D eigenvalue weighted by Crippen LogP contribution is -2.40. The van der Waals surface area contributed by atoms with Gasteiger partial charge in [-0.05, 0) is 6.42 Å². The van der Waals surface area contributed by atoms with Crippen molar-refractivity contribution in [3.8, 4) is 0 Å². The first kappa shape index (κ1) is 8.75. The number of rotatable bonds is 1. The van der Waals surface area contributed by atoms with Gasteiger partial charge in [0.15, 0.2) is 5.79 Å². The molecule has 2 rings (SSSR count). The molecule has 1 spiro atoms. The summed E-state index contributed by atoms with van der Waals surface area (Å²) in [5, 5.41) is 0. The molecule has 0 aromatic heterocycles. The van der Waals surface area contributed by atoms with Crippen molar-refractivity contribution in [3.05, 3.63) is 0 Å². The molecule has 70 valence electrons. The molecule has 2 aliphatic heterocycles. The fraction of sp³-hybridized carbons (Fsp3) is 1.00. The van der Waals surface area contributed by atoms with Crippen molar-refractivity contribution >= 4 is 11.6 Å². The number of ether oxygens (including phenoxy) is 3. The minimum Gasteiger partial charge on any atom is -0.376 e. The van der Waals surface area contributed by atoms with Crippen LogP contribution in [0, 0.1) is 0 Å². The molecule has 2 heterocycles. The number of hydrogen-bond acceptors (Lipinski definition) is 3. The second-order valence-electron chi connectivity index (χ2n) is 3.27. The summed E-state index contributed by atoms with van der Waals surface area (Å²) in [6.07, 6.45) is 1.99. The maximum Gasteiger partial charge on any atom is 0.192 e. The predicted molar refractivity (Wildman–Crippen MR) is 44.3 cm³/mol. The standard InChI is InChI=1S/C8H13ClO3/c9-4-7-5-11-8(12-7)2-1-3-10-6-8/h7H,1-6H2. The SMILES string of the molecule is ClCC1COC2(CCCOC2)O1. The minimum atomic E-state index is -0.461. The van der Waals surface area contributed by atoms with Crippen molar-refractivity contribution < 1.29 is 14.2 Å². The van der Waals surface area contributed by atoms with Crippen LogP contribution in [0.5, 0.6) is 0 Å². The summed E-state index contributed by atoms with van der Waals surface area (Å²) in [6, 6.07) is 0. The maximum absolute atomic E-state index is 5.66. The van der Waals surface area contributed by atoms with Crippen LogP contribution in [-0.2, 0) is 14.2 Å². The maximum atomic E-state index is 5.66. The molecule has 3 nitrogen and oxygen atoms in total. The average Bonchev–Trinajstić information content (AvgIpc) is 2.50. The molecular formula is C8H13ClO3. The highest BCUT2D eigenvalue weighted by Gasteiger charge is 2.42. The molecule has 2 atom stereocenters. The molecule has 2 fully saturated rings.